The van der Waals surface area contributed by atoms with Gasteiger partial charge in [-0.15, -0.1) is 0 Å². The number of amides is 1. The number of hydrogen-bond donors (Lipinski definition) is 2. The molecule has 26 heavy (non-hydrogen) atoms. The highest BCUT2D eigenvalue weighted by Crippen LogP contribution is 2.28. The summed E-state index contributed by atoms with van der Waals surface area (Å²) in [5, 5.41) is 6.96. The summed E-state index contributed by atoms with van der Waals surface area (Å²) < 4.78 is 5.14. The first-order valence-corrected chi connectivity index (χ1v) is 8.44. The first-order chi connectivity index (χ1) is 12.5. The molecule has 0 bridgehead atoms. The van der Waals surface area contributed by atoms with Gasteiger partial charge in [-0.2, -0.15) is 0 Å². The number of anilines is 3. The van der Waals surface area contributed by atoms with Crippen LogP contribution < -0.4 is 15.4 Å². The van der Waals surface area contributed by atoms with Crippen LogP contribution in [0.1, 0.15) is 10.5 Å². The summed E-state index contributed by atoms with van der Waals surface area (Å²) >= 11 is 12.0. The normalized spacial score (nSPS) is 10.3. The smallest absolute Gasteiger partial charge is 0.274 e. The van der Waals surface area contributed by atoms with Crippen molar-refractivity contribution in [1.82, 2.24) is 4.98 Å². The van der Waals surface area contributed by atoms with E-state index in [1.54, 1.807) is 67.9 Å². The van der Waals surface area contributed by atoms with Crippen LogP contribution in [0.3, 0.4) is 0 Å². The standard InChI is InChI=1S/C19H15Cl2N3O2/c1-26-15-4-2-3-13(10-15)24-19(25)18-8-6-14(11-22-18)23-17-7-5-12(20)9-16(17)21/h2-11,23H,1H3,(H,24,25). The summed E-state index contributed by atoms with van der Waals surface area (Å²) in [5.41, 5.74) is 2.32. The molecule has 0 radical (unpaired) electrons. The van der Waals surface area contributed by atoms with Crippen molar-refractivity contribution in [2.45, 2.75) is 0 Å². The van der Waals surface area contributed by atoms with E-state index in [1.807, 2.05) is 0 Å². The summed E-state index contributed by atoms with van der Waals surface area (Å²) in [6.07, 6.45) is 1.56. The fourth-order valence-electron chi connectivity index (χ4n) is 2.24. The van der Waals surface area contributed by atoms with Crippen LogP contribution in [0, 0.1) is 0 Å². The summed E-state index contributed by atoms with van der Waals surface area (Å²) in [6, 6.07) is 15.6. The molecule has 0 atom stereocenters. The van der Waals surface area contributed by atoms with Crippen molar-refractivity contribution in [3.05, 3.63) is 76.5 Å². The zero-order chi connectivity index (χ0) is 18.5. The minimum absolute atomic E-state index is 0.292. The van der Waals surface area contributed by atoms with Crippen LogP contribution in [0.4, 0.5) is 17.1 Å². The fraction of sp³-hybridized carbons (Fsp3) is 0.0526. The van der Waals surface area contributed by atoms with E-state index in [0.29, 0.717) is 38.6 Å². The predicted molar refractivity (Wildman–Crippen MR) is 105 cm³/mol. The van der Waals surface area contributed by atoms with Crippen molar-refractivity contribution in [3.8, 4) is 5.75 Å². The third-order valence-corrected chi connectivity index (χ3v) is 4.08. The third-order valence-electron chi connectivity index (χ3n) is 3.53. The molecule has 0 saturated heterocycles. The Bertz CT molecular complexity index is 930. The van der Waals surface area contributed by atoms with E-state index in [9.17, 15) is 4.79 Å². The lowest BCUT2D eigenvalue weighted by molar-refractivity contribution is 0.102. The molecule has 0 aliphatic heterocycles. The van der Waals surface area contributed by atoms with Crippen molar-refractivity contribution in [1.29, 1.82) is 0 Å². The van der Waals surface area contributed by atoms with Gasteiger partial charge in [0.1, 0.15) is 11.4 Å². The van der Waals surface area contributed by atoms with Crippen molar-refractivity contribution < 1.29 is 9.53 Å². The van der Waals surface area contributed by atoms with E-state index < -0.39 is 0 Å². The Kier molecular flexibility index (Phi) is 5.61. The Hall–Kier alpha value is -2.76. The maximum atomic E-state index is 12.3. The molecule has 1 amide bonds. The molecule has 0 unspecified atom stereocenters. The van der Waals surface area contributed by atoms with Crippen LogP contribution in [0.5, 0.6) is 5.75 Å². The lowest BCUT2D eigenvalue weighted by atomic mass is 10.2. The van der Waals surface area contributed by atoms with Crippen LogP contribution in [0.2, 0.25) is 10.0 Å². The number of nitrogens with one attached hydrogen (secondary N) is 2. The van der Waals surface area contributed by atoms with Crippen LogP contribution >= 0.6 is 23.2 Å². The number of carbonyl (C=O) groups is 1. The molecule has 132 valence electrons. The van der Waals surface area contributed by atoms with Gasteiger partial charge in [0, 0.05) is 16.8 Å². The number of ether oxygens (including phenoxy) is 1. The monoisotopic (exact) mass is 387 g/mol. The number of nitrogens with zero attached hydrogens (tertiary/aromatic N) is 1. The Morgan fingerprint density at radius 2 is 1.88 bits per heavy atom. The van der Waals surface area contributed by atoms with Gasteiger partial charge < -0.3 is 15.4 Å². The minimum Gasteiger partial charge on any atom is -0.497 e. The van der Waals surface area contributed by atoms with Crippen molar-refractivity contribution in [2.24, 2.45) is 0 Å². The highest BCUT2D eigenvalue weighted by molar-refractivity contribution is 6.36. The maximum Gasteiger partial charge on any atom is 0.274 e. The van der Waals surface area contributed by atoms with Crippen LogP contribution in [0.15, 0.2) is 60.8 Å². The average Bonchev–Trinajstić information content (AvgIpc) is 2.64. The number of rotatable bonds is 5. The van der Waals surface area contributed by atoms with Crippen molar-refractivity contribution in [2.75, 3.05) is 17.7 Å². The van der Waals surface area contributed by atoms with Gasteiger partial charge in [-0.1, -0.05) is 29.3 Å². The Labute approximate surface area is 160 Å². The van der Waals surface area contributed by atoms with Gasteiger partial charge in [0.15, 0.2) is 0 Å². The Morgan fingerprint density at radius 3 is 2.58 bits per heavy atom. The summed E-state index contributed by atoms with van der Waals surface area (Å²) in [4.78, 5) is 16.5. The molecule has 2 aromatic carbocycles. The number of pyridine rings is 1. The first kappa shape index (κ1) is 18.0. The molecule has 3 aromatic rings. The second-order valence-corrected chi connectivity index (χ2v) is 6.21. The molecule has 3 rings (SSSR count). The molecule has 5 nitrogen and oxygen atoms in total. The van der Waals surface area contributed by atoms with Crippen molar-refractivity contribution in [3.63, 3.8) is 0 Å². The van der Waals surface area contributed by atoms with Gasteiger partial charge in [0.25, 0.3) is 5.91 Å². The van der Waals surface area contributed by atoms with E-state index in [2.05, 4.69) is 15.6 Å². The van der Waals surface area contributed by atoms with Gasteiger partial charge in [-0.3, -0.25) is 4.79 Å². The zero-order valence-electron chi connectivity index (χ0n) is 13.8. The molecule has 0 fully saturated rings. The molecular formula is C19H15Cl2N3O2. The predicted octanol–water partition coefficient (Wildman–Crippen LogP) is 5.39. The number of halogens is 2. The van der Waals surface area contributed by atoms with Gasteiger partial charge >= 0.3 is 0 Å². The summed E-state index contributed by atoms with van der Waals surface area (Å²) in [5.74, 6) is 0.351. The Morgan fingerprint density at radius 1 is 1.04 bits per heavy atom. The number of benzene rings is 2. The SMILES string of the molecule is COc1cccc(NC(=O)c2ccc(Nc3ccc(Cl)cc3Cl)cn2)c1. The van der Waals surface area contributed by atoms with Crippen molar-refractivity contribution >= 4 is 46.2 Å². The van der Waals surface area contributed by atoms with Crippen LogP contribution in [-0.4, -0.2) is 18.0 Å². The topological polar surface area (TPSA) is 63.2 Å². The van der Waals surface area contributed by atoms with Crippen LogP contribution in [0.25, 0.3) is 0 Å². The first-order valence-electron chi connectivity index (χ1n) is 7.69. The number of carbonyl (C=O) groups excluding carboxylic acids is 1. The molecule has 0 saturated carbocycles. The lowest BCUT2D eigenvalue weighted by Gasteiger charge is -2.09. The van der Waals surface area contributed by atoms with Gasteiger partial charge in [-0.25, -0.2) is 4.98 Å². The van der Waals surface area contributed by atoms with Gasteiger partial charge in [0.05, 0.1) is 29.7 Å². The highest BCUT2D eigenvalue weighted by atomic mass is 35.5. The minimum atomic E-state index is -0.311. The second-order valence-electron chi connectivity index (χ2n) is 5.37. The number of aromatic nitrogens is 1. The lowest BCUT2D eigenvalue weighted by Crippen LogP contribution is -2.13. The number of hydrogen-bond acceptors (Lipinski definition) is 4. The zero-order valence-corrected chi connectivity index (χ0v) is 15.3. The second kappa shape index (κ2) is 8.08. The molecule has 0 aliphatic rings. The molecule has 0 aliphatic carbocycles. The maximum absolute atomic E-state index is 12.3. The Balaban J connectivity index is 1.69. The molecule has 2 N–H and O–H groups in total. The average molecular weight is 388 g/mol. The van der Waals surface area contributed by atoms with Crippen LogP contribution in [-0.2, 0) is 0 Å². The van der Waals surface area contributed by atoms with Gasteiger partial charge in [-0.05, 0) is 42.5 Å². The van der Waals surface area contributed by atoms with E-state index in [1.165, 1.54) is 0 Å². The molecule has 1 aromatic heterocycles. The quantitative estimate of drug-likeness (QED) is 0.615. The van der Waals surface area contributed by atoms with Gasteiger partial charge in [0.2, 0.25) is 0 Å². The van der Waals surface area contributed by atoms with E-state index >= 15 is 0 Å². The molecule has 0 spiro atoms. The summed E-state index contributed by atoms with van der Waals surface area (Å²) in [6.45, 7) is 0. The summed E-state index contributed by atoms with van der Waals surface area (Å²) in [7, 11) is 1.57. The van der Waals surface area contributed by atoms with E-state index in [0.717, 1.165) is 0 Å². The fourth-order valence-corrected chi connectivity index (χ4v) is 2.70. The largest absolute Gasteiger partial charge is 0.497 e. The van der Waals surface area contributed by atoms with E-state index in [4.69, 9.17) is 27.9 Å². The molecule has 1 heterocycles. The molecular weight excluding hydrogens is 373 g/mol. The third kappa shape index (κ3) is 4.45. The highest BCUT2D eigenvalue weighted by Gasteiger charge is 2.09. The molecule has 7 heteroatoms. The number of methoxy groups -OCH3 is 1. The van der Waals surface area contributed by atoms with E-state index in [-0.39, 0.29) is 5.91 Å².